The van der Waals surface area contributed by atoms with Crippen LogP contribution in [0.15, 0.2) is 17.5 Å². The zero-order valence-corrected chi connectivity index (χ0v) is 7.74. The molecular formula is C8H8F2O2S. The van der Waals surface area contributed by atoms with Crippen LogP contribution in [0.3, 0.4) is 0 Å². The normalized spacial score (nSPS) is 11.3. The summed E-state index contributed by atoms with van der Waals surface area (Å²) in [5, 5.41) is 1.49. The number of esters is 1. The number of halogens is 2. The SMILES string of the molecule is CCOC(=O)C(F)(F)c1cccs1. The molecule has 2 nitrogen and oxygen atoms in total. The van der Waals surface area contributed by atoms with Gasteiger partial charge in [0, 0.05) is 0 Å². The van der Waals surface area contributed by atoms with E-state index in [4.69, 9.17) is 0 Å². The predicted molar refractivity (Wildman–Crippen MR) is 44.8 cm³/mol. The first-order chi connectivity index (χ1) is 6.09. The van der Waals surface area contributed by atoms with Gasteiger partial charge in [0.25, 0.3) is 0 Å². The molecule has 0 aliphatic rings. The number of carbonyl (C=O) groups excluding carboxylic acids is 1. The van der Waals surface area contributed by atoms with Gasteiger partial charge in [-0.1, -0.05) is 6.07 Å². The van der Waals surface area contributed by atoms with Gasteiger partial charge in [-0.3, -0.25) is 0 Å². The van der Waals surface area contributed by atoms with Gasteiger partial charge in [-0.2, -0.15) is 8.78 Å². The summed E-state index contributed by atoms with van der Waals surface area (Å²) in [4.78, 5) is 10.5. The Hall–Kier alpha value is -0.970. The minimum absolute atomic E-state index is 0.0419. The lowest BCUT2D eigenvalue weighted by atomic mass is 10.3. The number of rotatable bonds is 3. The highest BCUT2D eigenvalue weighted by molar-refractivity contribution is 7.10. The van der Waals surface area contributed by atoms with E-state index in [1.807, 2.05) is 0 Å². The Morgan fingerprint density at radius 3 is 2.85 bits per heavy atom. The van der Waals surface area contributed by atoms with E-state index in [1.54, 1.807) is 0 Å². The molecule has 0 unspecified atom stereocenters. The molecule has 72 valence electrons. The van der Waals surface area contributed by atoms with Gasteiger partial charge in [0.2, 0.25) is 0 Å². The van der Waals surface area contributed by atoms with Crippen LogP contribution in [0.1, 0.15) is 11.8 Å². The molecule has 0 atom stereocenters. The lowest BCUT2D eigenvalue weighted by molar-refractivity contribution is -0.172. The molecule has 0 N–H and O–H groups in total. The smallest absolute Gasteiger partial charge is 0.382 e. The summed E-state index contributed by atoms with van der Waals surface area (Å²) in [6, 6.07) is 2.68. The monoisotopic (exact) mass is 206 g/mol. The molecule has 0 saturated carbocycles. The average Bonchev–Trinajstić information content (AvgIpc) is 2.56. The summed E-state index contributed by atoms with van der Waals surface area (Å²) in [7, 11) is 0. The Kier molecular flexibility index (Phi) is 2.98. The standard InChI is InChI=1S/C8H8F2O2S/c1-2-12-7(11)8(9,10)6-4-3-5-13-6/h3-5H,2H2,1H3. The van der Waals surface area contributed by atoms with E-state index in [0.29, 0.717) is 0 Å². The van der Waals surface area contributed by atoms with Crippen molar-refractivity contribution in [1.82, 2.24) is 0 Å². The van der Waals surface area contributed by atoms with Crippen LogP contribution in [-0.2, 0) is 15.5 Å². The van der Waals surface area contributed by atoms with Crippen LogP contribution in [-0.4, -0.2) is 12.6 Å². The van der Waals surface area contributed by atoms with Crippen molar-refractivity contribution in [2.45, 2.75) is 12.8 Å². The Balaban J connectivity index is 2.82. The van der Waals surface area contributed by atoms with E-state index in [1.165, 1.54) is 24.4 Å². The van der Waals surface area contributed by atoms with E-state index >= 15 is 0 Å². The van der Waals surface area contributed by atoms with Crippen molar-refractivity contribution in [3.63, 3.8) is 0 Å². The van der Waals surface area contributed by atoms with Crippen molar-refractivity contribution < 1.29 is 18.3 Å². The van der Waals surface area contributed by atoms with Crippen molar-refractivity contribution >= 4 is 17.3 Å². The molecule has 1 heterocycles. The summed E-state index contributed by atoms with van der Waals surface area (Å²) in [6.07, 6.45) is 0. The Bertz CT molecular complexity index is 282. The van der Waals surface area contributed by atoms with Crippen molar-refractivity contribution in [3.05, 3.63) is 22.4 Å². The second kappa shape index (κ2) is 3.83. The lowest BCUT2D eigenvalue weighted by Gasteiger charge is -2.11. The Morgan fingerprint density at radius 1 is 1.69 bits per heavy atom. The number of hydrogen-bond donors (Lipinski definition) is 0. The Morgan fingerprint density at radius 2 is 2.38 bits per heavy atom. The summed E-state index contributed by atoms with van der Waals surface area (Å²) in [5.41, 5.74) is 0. The van der Waals surface area contributed by atoms with Gasteiger partial charge in [-0.25, -0.2) is 4.79 Å². The van der Waals surface area contributed by atoms with Gasteiger partial charge in [-0.15, -0.1) is 11.3 Å². The molecule has 13 heavy (non-hydrogen) atoms. The summed E-state index contributed by atoms with van der Waals surface area (Å²) in [6.45, 7) is 1.45. The maximum absolute atomic E-state index is 13.1. The molecule has 0 fully saturated rings. The number of alkyl halides is 2. The van der Waals surface area contributed by atoms with Gasteiger partial charge >= 0.3 is 11.9 Å². The van der Waals surface area contributed by atoms with E-state index in [2.05, 4.69) is 4.74 Å². The summed E-state index contributed by atoms with van der Waals surface area (Å²) < 4.78 is 30.5. The highest BCUT2D eigenvalue weighted by atomic mass is 32.1. The molecular weight excluding hydrogens is 198 g/mol. The molecule has 0 bridgehead atoms. The topological polar surface area (TPSA) is 26.3 Å². The number of hydrogen-bond acceptors (Lipinski definition) is 3. The van der Waals surface area contributed by atoms with Gasteiger partial charge in [-0.05, 0) is 18.4 Å². The van der Waals surface area contributed by atoms with Crippen LogP contribution in [0.2, 0.25) is 0 Å². The van der Waals surface area contributed by atoms with Crippen LogP contribution < -0.4 is 0 Å². The zero-order valence-electron chi connectivity index (χ0n) is 6.92. The van der Waals surface area contributed by atoms with Crippen molar-refractivity contribution in [2.24, 2.45) is 0 Å². The highest BCUT2D eigenvalue weighted by Gasteiger charge is 2.43. The number of ether oxygens (including phenoxy) is 1. The number of thiophene rings is 1. The van der Waals surface area contributed by atoms with Crippen LogP contribution in [0, 0.1) is 0 Å². The quantitative estimate of drug-likeness (QED) is 0.710. The van der Waals surface area contributed by atoms with Crippen molar-refractivity contribution in [3.8, 4) is 0 Å². The van der Waals surface area contributed by atoms with E-state index in [-0.39, 0.29) is 11.5 Å². The fourth-order valence-corrected chi connectivity index (χ4v) is 1.47. The minimum atomic E-state index is -3.51. The molecule has 0 radical (unpaired) electrons. The van der Waals surface area contributed by atoms with Gasteiger partial charge in [0.1, 0.15) is 0 Å². The van der Waals surface area contributed by atoms with Crippen LogP contribution in [0.4, 0.5) is 8.78 Å². The maximum Gasteiger partial charge on any atom is 0.382 e. The van der Waals surface area contributed by atoms with Crippen molar-refractivity contribution in [2.75, 3.05) is 6.61 Å². The van der Waals surface area contributed by atoms with Crippen LogP contribution in [0.25, 0.3) is 0 Å². The van der Waals surface area contributed by atoms with Crippen molar-refractivity contribution in [1.29, 1.82) is 0 Å². The molecule has 0 aliphatic heterocycles. The molecule has 1 aromatic heterocycles. The molecule has 1 rings (SSSR count). The average molecular weight is 206 g/mol. The first-order valence-corrected chi connectivity index (χ1v) is 4.56. The molecule has 0 aromatic carbocycles. The largest absolute Gasteiger partial charge is 0.461 e. The van der Waals surface area contributed by atoms with Crippen LogP contribution in [0.5, 0.6) is 0 Å². The molecule has 5 heteroatoms. The fourth-order valence-electron chi connectivity index (χ4n) is 0.780. The van der Waals surface area contributed by atoms with E-state index in [0.717, 1.165) is 11.3 Å². The van der Waals surface area contributed by atoms with Crippen LogP contribution >= 0.6 is 11.3 Å². The molecule has 0 spiro atoms. The lowest BCUT2D eigenvalue weighted by Crippen LogP contribution is -2.27. The highest BCUT2D eigenvalue weighted by Crippen LogP contribution is 2.32. The number of carbonyl (C=O) groups is 1. The summed E-state index contributed by atoms with van der Waals surface area (Å²) in [5.74, 6) is -5.00. The van der Waals surface area contributed by atoms with Gasteiger partial charge < -0.3 is 4.74 Å². The van der Waals surface area contributed by atoms with E-state index in [9.17, 15) is 13.6 Å². The molecule has 0 amide bonds. The first kappa shape index (κ1) is 10.1. The predicted octanol–water partition coefficient (Wildman–Crippen LogP) is 2.40. The second-order valence-corrected chi connectivity index (χ2v) is 3.22. The fraction of sp³-hybridized carbons (Fsp3) is 0.375. The third kappa shape index (κ3) is 2.03. The molecule has 0 saturated heterocycles. The van der Waals surface area contributed by atoms with Gasteiger partial charge in [0.15, 0.2) is 0 Å². The zero-order chi connectivity index (χ0) is 9.90. The third-order valence-electron chi connectivity index (χ3n) is 1.36. The third-order valence-corrected chi connectivity index (χ3v) is 2.30. The summed E-state index contributed by atoms with van der Waals surface area (Å²) >= 11 is 0.833. The van der Waals surface area contributed by atoms with Gasteiger partial charge in [0.05, 0.1) is 11.5 Å². The second-order valence-electron chi connectivity index (χ2n) is 2.27. The Labute approximate surface area is 78.1 Å². The first-order valence-electron chi connectivity index (χ1n) is 3.68. The van der Waals surface area contributed by atoms with E-state index < -0.39 is 11.9 Å². The molecule has 1 aromatic rings. The minimum Gasteiger partial charge on any atom is -0.461 e. The molecule has 0 aliphatic carbocycles. The maximum atomic E-state index is 13.1.